The van der Waals surface area contributed by atoms with Gasteiger partial charge in [-0.2, -0.15) is 0 Å². The molecule has 1 N–H and O–H groups in total. The molecule has 0 aromatic heterocycles. The Hall–Kier alpha value is -0.570. The zero-order chi connectivity index (χ0) is 11.5. The molecule has 0 saturated carbocycles. The smallest absolute Gasteiger partial charge is 0.305 e. The van der Waals surface area contributed by atoms with Crippen LogP contribution < -0.4 is 0 Å². The fourth-order valence-electron chi connectivity index (χ4n) is 1.52. The quantitative estimate of drug-likeness (QED) is 0.476. The van der Waals surface area contributed by atoms with Crippen LogP contribution in [-0.2, 0) is 9.53 Å². The average molecular weight is 216 g/mol. The lowest BCUT2D eigenvalue weighted by molar-refractivity contribution is -0.140. The van der Waals surface area contributed by atoms with Crippen LogP contribution in [0.15, 0.2) is 0 Å². The standard InChI is InChI=1S/C12H24O3/c1-11(13)9-7-5-3-4-6-8-10-12(14)15-2/h11,13H,3-10H2,1-2H3/t11-/m0/s1. The van der Waals surface area contributed by atoms with Crippen molar-refractivity contribution in [2.24, 2.45) is 0 Å². The van der Waals surface area contributed by atoms with Gasteiger partial charge in [0.1, 0.15) is 0 Å². The van der Waals surface area contributed by atoms with E-state index in [1.165, 1.54) is 26.4 Å². The van der Waals surface area contributed by atoms with Crippen LogP contribution in [0.1, 0.15) is 58.3 Å². The molecule has 0 fully saturated rings. The van der Waals surface area contributed by atoms with Crippen molar-refractivity contribution in [2.45, 2.75) is 64.4 Å². The molecule has 0 aliphatic heterocycles. The van der Waals surface area contributed by atoms with E-state index in [9.17, 15) is 4.79 Å². The first-order valence-electron chi connectivity index (χ1n) is 5.91. The first-order chi connectivity index (χ1) is 7.16. The minimum atomic E-state index is -0.163. The van der Waals surface area contributed by atoms with Gasteiger partial charge in [0.25, 0.3) is 0 Å². The lowest BCUT2D eigenvalue weighted by Gasteiger charge is -2.03. The Morgan fingerprint density at radius 2 is 1.67 bits per heavy atom. The van der Waals surface area contributed by atoms with Crippen molar-refractivity contribution < 1.29 is 14.6 Å². The van der Waals surface area contributed by atoms with Gasteiger partial charge in [-0.25, -0.2) is 0 Å². The molecule has 0 aromatic rings. The molecule has 0 heterocycles. The summed E-state index contributed by atoms with van der Waals surface area (Å²) in [7, 11) is 1.43. The normalized spacial score (nSPS) is 12.5. The van der Waals surface area contributed by atoms with Crippen molar-refractivity contribution in [3.8, 4) is 0 Å². The average Bonchev–Trinajstić information content (AvgIpc) is 2.21. The number of esters is 1. The van der Waals surface area contributed by atoms with E-state index in [4.69, 9.17) is 5.11 Å². The molecule has 0 unspecified atom stereocenters. The molecule has 0 amide bonds. The van der Waals surface area contributed by atoms with Gasteiger partial charge in [0.2, 0.25) is 0 Å². The van der Waals surface area contributed by atoms with Crippen LogP contribution in [0.25, 0.3) is 0 Å². The predicted molar refractivity (Wildman–Crippen MR) is 60.6 cm³/mol. The van der Waals surface area contributed by atoms with E-state index in [0.717, 1.165) is 25.7 Å². The minimum absolute atomic E-state index is 0.107. The van der Waals surface area contributed by atoms with Crippen LogP contribution in [0.3, 0.4) is 0 Å². The van der Waals surface area contributed by atoms with Crippen molar-refractivity contribution in [2.75, 3.05) is 7.11 Å². The van der Waals surface area contributed by atoms with Crippen molar-refractivity contribution in [1.29, 1.82) is 0 Å². The lowest BCUT2D eigenvalue weighted by atomic mass is 10.1. The summed E-state index contributed by atoms with van der Waals surface area (Å²) in [5.41, 5.74) is 0. The van der Waals surface area contributed by atoms with Crippen LogP contribution in [-0.4, -0.2) is 24.3 Å². The number of ether oxygens (including phenoxy) is 1. The van der Waals surface area contributed by atoms with Gasteiger partial charge in [0, 0.05) is 6.42 Å². The van der Waals surface area contributed by atoms with Crippen LogP contribution >= 0.6 is 0 Å². The van der Waals surface area contributed by atoms with Crippen LogP contribution in [0.5, 0.6) is 0 Å². The van der Waals surface area contributed by atoms with E-state index in [0.29, 0.717) is 6.42 Å². The lowest BCUT2D eigenvalue weighted by Crippen LogP contribution is -1.99. The van der Waals surface area contributed by atoms with E-state index in [2.05, 4.69) is 4.74 Å². The van der Waals surface area contributed by atoms with Gasteiger partial charge >= 0.3 is 5.97 Å². The van der Waals surface area contributed by atoms with Crippen LogP contribution in [0, 0.1) is 0 Å². The third-order valence-electron chi connectivity index (χ3n) is 2.48. The van der Waals surface area contributed by atoms with E-state index in [1.54, 1.807) is 0 Å². The van der Waals surface area contributed by atoms with Crippen molar-refractivity contribution >= 4 is 5.97 Å². The number of carbonyl (C=O) groups excluding carboxylic acids is 1. The molecule has 0 aromatic carbocycles. The minimum Gasteiger partial charge on any atom is -0.469 e. The van der Waals surface area contributed by atoms with Crippen molar-refractivity contribution in [3.05, 3.63) is 0 Å². The number of aliphatic hydroxyl groups excluding tert-OH is 1. The number of rotatable bonds is 9. The summed E-state index contributed by atoms with van der Waals surface area (Å²) >= 11 is 0. The third-order valence-corrected chi connectivity index (χ3v) is 2.48. The number of carbonyl (C=O) groups is 1. The zero-order valence-electron chi connectivity index (χ0n) is 10.00. The topological polar surface area (TPSA) is 46.5 Å². The Morgan fingerprint density at radius 1 is 1.13 bits per heavy atom. The molecule has 0 bridgehead atoms. The summed E-state index contributed by atoms with van der Waals surface area (Å²) in [4.78, 5) is 10.8. The van der Waals surface area contributed by atoms with Gasteiger partial charge < -0.3 is 9.84 Å². The van der Waals surface area contributed by atoms with Gasteiger partial charge in [0.15, 0.2) is 0 Å². The predicted octanol–water partition coefficient (Wildman–Crippen LogP) is 2.66. The molecule has 90 valence electrons. The molecule has 0 rings (SSSR count). The van der Waals surface area contributed by atoms with Crippen LogP contribution in [0.2, 0.25) is 0 Å². The van der Waals surface area contributed by atoms with Crippen molar-refractivity contribution in [3.63, 3.8) is 0 Å². The first kappa shape index (κ1) is 14.4. The Morgan fingerprint density at radius 3 is 2.20 bits per heavy atom. The maximum Gasteiger partial charge on any atom is 0.305 e. The van der Waals surface area contributed by atoms with E-state index in [-0.39, 0.29) is 12.1 Å². The number of unbranched alkanes of at least 4 members (excludes halogenated alkanes) is 5. The number of aliphatic hydroxyl groups is 1. The molecule has 3 heteroatoms. The molecule has 3 nitrogen and oxygen atoms in total. The van der Waals surface area contributed by atoms with E-state index in [1.807, 2.05) is 6.92 Å². The molecule has 0 spiro atoms. The summed E-state index contributed by atoms with van der Waals surface area (Å²) in [6.45, 7) is 1.83. The highest BCUT2D eigenvalue weighted by atomic mass is 16.5. The van der Waals surface area contributed by atoms with Gasteiger partial charge in [-0.05, 0) is 19.8 Å². The van der Waals surface area contributed by atoms with Gasteiger partial charge in [-0.1, -0.05) is 32.1 Å². The maximum absolute atomic E-state index is 10.8. The highest BCUT2D eigenvalue weighted by Crippen LogP contribution is 2.09. The summed E-state index contributed by atoms with van der Waals surface area (Å²) in [6.07, 6.45) is 7.99. The van der Waals surface area contributed by atoms with Gasteiger partial charge in [-0.3, -0.25) is 4.79 Å². The monoisotopic (exact) mass is 216 g/mol. The fraction of sp³-hybridized carbons (Fsp3) is 0.917. The van der Waals surface area contributed by atoms with Gasteiger partial charge in [0.05, 0.1) is 13.2 Å². The second-order valence-electron chi connectivity index (χ2n) is 4.09. The molecule has 0 aliphatic rings. The molecule has 0 saturated heterocycles. The molecular formula is C12H24O3. The Balaban J connectivity index is 3.02. The summed E-state index contributed by atoms with van der Waals surface area (Å²) in [5.74, 6) is -0.107. The maximum atomic E-state index is 10.8. The number of hydrogen-bond donors (Lipinski definition) is 1. The highest BCUT2D eigenvalue weighted by molar-refractivity contribution is 5.68. The fourth-order valence-corrected chi connectivity index (χ4v) is 1.52. The summed E-state index contributed by atoms with van der Waals surface area (Å²) in [5, 5.41) is 9.03. The van der Waals surface area contributed by atoms with Gasteiger partial charge in [-0.15, -0.1) is 0 Å². The summed E-state index contributed by atoms with van der Waals surface area (Å²) in [6, 6.07) is 0. The first-order valence-corrected chi connectivity index (χ1v) is 5.91. The zero-order valence-corrected chi connectivity index (χ0v) is 10.00. The molecule has 0 radical (unpaired) electrons. The Bertz CT molecular complexity index is 155. The van der Waals surface area contributed by atoms with E-state index < -0.39 is 0 Å². The second-order valence-corrected chi connectivity index (χ2v) is 4.09. The largest absolute Gasteiger partial charge is 0.469 e. The third kappa shape index (κ3) is 11.4. The van der Waals surface area contributed by atoms with Crippen LogP contribution in [0.4, 0.5) is 0 Å². The molecule has 1 atom stereocenters. The number of methoxy groups -OCH3 is 1. The Kier molecular flexibility index (Phi) is 9.59. The second kappa shape index (κ2) is 9.97. The Labute approximate surface area is 92.8 Å². The SMILES string of the molecule is COC(=O)CCCCCCCC[C@H](C)O. The summed E-state index contributed by atoms with van der Waals surface area (Å²) < 4.78 is 4.55. The van der Waals surface area contributed by atoms with Crippen molar-refractivity contribution in [1.82, 2.24) is 0 Å². The van der Waals surface area contributed by atoms with E-state index >= 15 is 0 Å². The molecular weight excluding hydrogens is 192 g/mol. The highest BCUT2D eigenvalue weighted by Gasteiger charge is 1.99. The molecule has 15 heavy (non-hydrogen) atoms. The number of hydrogen-bond acceptors (Lipinski definition) is 3. The molecule has 0 aliphatic carbocycles.